The molecule has 0 unspecified atom stereocenters. The second kappa shape index (κ2) is 8.91. The molecule has 2 amide bonds. The predicted octanol–water partition coefficient (Wildman–Crippen LogP) is 4.47. The highest BCUT2D eigenvalue weighted by atomic mass is 79.9. The van der Waals surface area contributed by atoms with Gasteiger partial charge in [0.05, 0.1) is 11.8 Å². The summed E-state index contributed by atoms with van der Waals surface area (Å²) in [4.78, 5) is 24.4. The first kappa shape index (κ1) is 18.5. The van der Waals surface area contributed by atoms with Gasteiger partial charge in [-0.25, -0.2) is 5.43 Å². The Kier molecular flexibility index (Phi) is 6.12. The second-order valence-corrected chi connectivity index (χ2v) is 6.48. The molecule has 3 aromatic carbocycles. The minimum atomic E-state index is -0.328. The summed E-state index contributed by atoms with van der Waals surface area (Å²) in [6, 6.07) is 23.2. The zero-order chi connectivity index (χ0) is 19.1. The third kappa shape index (κ3) is 5.12. The monoisotopic (exact) mass is 421 g/mol. The quantitative estimate of drug-likeness (QED) is 0.471. The number of halogens is 1. The highest BCUT2D eigenvalue weighted by Crippen LogP contribution is 2.18. The van der Waals surface area contributed by atoms with Gasteiger partial charge < -0.3 is 5.32 Å². The van der Waals surface area contributed by atoms with Crippen LogP contribution in [-0.4, -0.2) is 18.0 Å². The lowest BCUT2D eigenvalue weighted by molar-refractivity contribution is 0.0954. The van der Waals surface area contributed by atoms with Crippen LogP contribution in [0.15, 0.2) is 88.4 Å². The molecule has 2 N–H and O–H groups in total. The van der Waals surface area contributed by atoms with E-state index in [1.807, 2.05) is 36.4 Å². The maximum Gasteiger partial charge on any atom is 0.271 e. The van der Waals surface area contributed by atoms with Crippen molar-refractivity contribution in [1.29, 1.82) is 0 Å². The van der Waals surface area contributed by atoms with Crippen molar-refractivity contribution in [1.82, 2.24) is 5.43 Å². The summed E-state index contributed by atoms with van der Waals surface area (Å²) in [6.45, 7) is 0. The molecule has 0 saturated heterocycles. The number of nitrogens with zero attached hydrogens (tertiary/aromatic N) is 1. The van der Waals surface area contributed by atoms with E-state index in [9.17, 15) is 9.59 Å². The zero-order valence-corrected chi connectivity index (χ0v) is 15.8. The van der Waals surface area contributed by atoms with Crippen LogP contribution >= 0.6 is 15.9 Å². The summed E-state index contributed by atoms with van der Waals surface area (Å²) in [5.41, 5.74) is 4.95. The van der Waals surface area contributed by atoms with Crippen molar-refractivity contribution in [3.05, 3.63) is 100 Å². The Morgan fingerprint density at radius 2 is 1.48 bits per heavy atom. The fraction of sp³-hybridized carbons (Fsp3) is 0. The van der Waals surface area contributed by atoms with Crippen molar-refractivity contribution in [3.63, 3.8) is 0 Å². The molecule has 0 aliphatic carbocycles. The van der Waals surface area contributed by atoms with Gasteiger partial charge in [-0.15, -0.1) is 0 Å². The summed E-state index contributed by atoms with van der Waals surface area (Å²) >= 11 is 3.35. The molecule has 3 rings (SSSR count). The van der Waals surface area contributed by atoms with Gasteiger partial charge in [0.15, 0.2) is 0 Å². The number of anilines is 1. The SMILES string of the molecule is O=C(N/N=C\c1ccccc1)c1ccc(NC(=O)c2ccccc2Br)cc1. The van der Waals surface area contributed by atoms with Crippen molar-refractivity contribution in [2.75, 3.05) is 5.32 Å². The number of hydrogen-bond acceptors (Lipinski definition) is 3. The van der Waals surface area contributed by atoms with E-state index >= 15 is 0 Å². The summed E-state index contributed by atoms with van der Waals surface area (Å²) < 4.78 is 0.717. The molecule has 0 aromatic heterocycles. The average Bonchev–Trinajstić information content (AvgIpc) is 2.69. The van der Waals surface area contributed by atoms with Crippen molar-refractivity contribution in [3.8, 4) is 0 Å². The highest BCUT2D eigenvalue weighted by molar-refractivity contribution is 9.10. The van der Waals surface area contributed by atoms with E-state index in [1.165, 1.54) is 0 Å². The van der Waals surface area contributed by atoms with Crippen LogP contribution in [0.5, 0.6) is 0 Å². The van der Waals surface area contributed by atoms with Gasteiger partial charge in [-0.3, -0.25) is 9.59 Å². The van der Waals surface area contributed by atoms with E-state index < -0.39 is 0 Å². The van der Waals surface area contributed by atoms with E-state index in [1.54, 1.807) is 48.7 Å². The Bertz CT molecular complexity index is 970. The van der Waals surface area contributed by atoms with Crippen molar-refractivity contribution >= 4 is 39.6 Å². The van der Waals surface area contributed by atoms with Gasteiger partial charge in [-0.2, -0.15) is 5.10 Å². The minimum Gasteiger partial charge on any atom is -0.322 e. The normalized spacial score (nSPS) is 10.6. The third-order valence-electron chi connectivity index (χ3n) is 3.70. The summed E-state index contributed by atoms with van der Waals surface area (Å²) in [7, 11) is 0. The van der Waals surface area contributed by atoms with Crippen molar-refractivity contribution in [2.24, 2.45) is 5.10 Å². The lowest BCUT2D eigenvalue weighted by atomic mass is 10.1. The lowest BCUT2D eigenvalue weighted by Gasteiger charge is -2.07. The van der Waals surface area contributed by atoms with Crippen molar-refractivity contribution in [2.45, 2.75) is 0 Å². The second-order valence-electron chi connectivity index (χ2n) is 5.62. The third-order valence-corrected chi connectivity index (χ3v) is 4.39. The van der Waals surface area contributed by atoms with E-state index in [2.05, 4.69) is 31.8 Å². The molecule has 0 spiro atoms. The van der Waals surface area contributed by atoms with E-state index in [4.69, 9.17) is 0 Å². The predicted molar refractivity (Wildman–Crippen MR) is 110 cm³/mol. The van der Waals surface area contributed by atoms with Crippen LogP contribution in [-0.2, 0) is 0 Å². The molecule has 27 heavy (non-hydrogen) atoms. The topological polar surface area (TPSA) is 70.6 Å². The minimum absolute atomic E-state index is 0.230. The Labute approximate surface area is 165 Å². The molecule has 0 fully saturated rings. The average molecular weight is 422 g/mol. The first-order chi connectivity index (χ1) is 13.1. The van der Waals surface area contributed by atoms with Gasteiger partial charge in [0, 0.05) is 15.7 Å². The van der Waals surface area contributed by atoms with Gasteiger partial charge in [0.1, 0.15) is 0 Å². The summed E-state index contributed by atoms with van der Waals surface area (Å²) in [5, 5.41) is 6.74. The van der Waals surface area contributed by atoms with Gasteiger partial charge in [-0.05, 0) is 57.9 Å². The molecule has 6 heteroatoms. The molecule has 134 valence electrons. The molecule has 0 radical (unpaired) electrons. The maximum absolute atomic E-state index is 12.3. The largest absolute Gasteiger partial charge is 0.322 e. The Morgan fingerprint density at radius 3 is 2.19 bits per heavy atom. The Balaban J connectivity index is 1.59. The van der Waals surface area contributed by atoms with E-state index in [0.29, 0.717) is 16.8 Å². The maximum atomic E-state index is 12.3. The van der Waals surface area contributed by atoms with Crippen LogP contribution in [0.2, 0.25) is 0 Å². The van der Waals surface area contributed by atoms with Gasteiger partial charge in [-0.1, -0.05) is 42.5 Å². The Hall–Kier alpha value is -3.25. The standard InChI is InChI=1S/C21H16BrN3O2/c22-19-9-5-4-8-18(19)21(27)24-17-12-10-16(11-13-17)20(26)25-23-14-15-6-2-1-3-7-15/h1-14H,(H,24,27)(H,25,26)/b23-14-. The van der Waals surface area contributed by atoms with Gasteiger partial charge >= 0.3 is 0 Å². The van der Waals surface area contributed by atoms with Crippen LogP contribution in [0.3, 0.4) is 0 Å². The van der Waals surface area contributed by atoms with Crippen LogP contribution < -0.4 is 10.7 Å². The Morgan fingerprint density at radius 1 is 0.815 bits per heavy atom. The highest BCUT2D eigenvalue weighted by Gasteiger charge is 2.10. The molecule has 0 heterocycles. The zero-order valence-electron chi connectivity index (χ0n) is 14.2. The number of nitrogens with one attached hydrogen (secondary N) is 2. The van der Waals surface area contributed by atoms with Crippen LogP contribution in [0.1, 0.15) is 26.3 Å². The molecule has 0 aliphatic heterocycles. The van der Waals surface area contributed by atoms with Gasteiger partial charge in [0.2, 0.25) is 0 Å². The van der Waals surface area contributed by atoms with Gasteiger partial charge in [0.25, 0.3) is 11.8 Å². The lowest BCUT2D eigenvalue weighted by Crippen LogP contribution is -2.18. The van der Waals surface area contributed by atoms with Crippen LogP contribution in [0, 0.1) is 0 Å². The number of hydrazone groups is 1. The summed E-state index contributed by atoms with van der Waals surface area (Å²) in [6.07, 6.45) is 1.57. The van der Waals surface area contributed by atoms with Crippen LogP contribution in [0.4, 0.5) is 5.69 Å². The number of carbonyl (C=O) groups is 2. The van der Waals surface area contributed by atoms with E-state index in [0.717, 1.165) is 10.0 Å². The number of carbonyl (C=O) groups excluding carboxylic acids is 2. The van der Waals surface area contributed by atoms with Crippen molar-refractivity contribution < 1.29 is 9.59 Å². The molecule has 5 nitrogen and oxygen atoms in total. The van der Waals surface area contributed by atoms with Crippen LogP contribution in [0.25, 0.3) is 0 Å². The molecule has 0 atom stereocenters. The number of benzene rings is 3. The smallest absolute Gasteiger partial charge is 0.271 e. The number of amides is 2. The van der Waals surface area contributed by atoms with E-state index in [-0.39, 0.29) is 11.8 Å². The number of rotatable bonds is 5. The summed E-state index contributed by atoms with van der Waals surface area (Å²) in [5.74, 6) is -0.557. The number of hydrogen-bond donors (Lipinski definition) is 2. The fourth-order valence-electron chi connectivity index (χ4n) is 2.32. The molecular formula is C21H16BrN3O2. The first-order valence-corrected chi connectivity index (χ1v) is 8.97. The molecule has 0 bridgehead atoms. The first-order valence-electron chi connectivity index (χ1n) is 8.18. The molecule has 0 saturated carbocycles. The molecule has 3 aromatic rings. The molecular weight excluding hydrogens is 406 g/mol. The molecule has 0 aliphatic rings. The fourth-order valence-corrected chi connectivity index (χ4v) is 2.78.